The smallest absolute Gasteiger partial charge is 0.227 e. The fourth-order valence-electron chi connectivity index (χ4n) is 3.06. The first-order valence-corrected chi connectivity index (χ1v) is 10.5. The van der Waals surface area contributed by atoms with Gasteiger partial charge in [0.2, 0.25) is 11.9 Å². The van der Waals surface area contributed by atoms with E-state index in [1.165, 1.54) is 39.0 Å². The maximum Gasteiger partial charge on any atom is 0.227 e. The molecule has 1 aromatic carbocycles. The lowest BCUT2D eigenvalue weighted by atomic mass is 10.1. The highest BCUT2D eigenvalue weighted by molar-refractivity contribution is 5.82. The van der Waals surface area contributed by atoms with Crippen molar-refractivity contribution in [2.45, 2.75) is 19.1 Å². The number of rotatable bonds is 11. The van der Waals surface area contributed by atoms with Gasteiger partial charge >= 0.3 is 0 Å². The predicted octanol–water partition coefficient (Wildman–Crippen LogP) is 1.23. The van der Waals surface area contributed by atoms with Crippen molar-refractivity contribution in [2.24, 2.45) is 10.7 Å². The predicted molar refractivity (Wildman–Crippen MR) is 122 cm³/mol. The van der Waals surface area contributed by atoms with E-state index in [0.29, 0.717) is 18.8 Å². The number of allylic oxidation sites excluding steroid dienone is 1. The van der Waals surface area contributed by atoms with Gasteiger partial charge in [0, 0.05) is 44.5 Å². The molecule has 0 saturated carbocycles. The number of aliphatic imine (C=N–C) groups is 1. The highest BCUT2D eigenvalue weighted by Crippen LogP contribution is 2.31. The van der Waals surface area contributed by atoms with E-state index in [2.05, 4.69) is 20.3 Å². The Morgan fingerprint density at radius 1 is 1.26 bits per heavy atom. The molecule has 0 atom stereocenters. The number of halogens is 2. The molecule has 1 aliphatic heterocycles. The van der Waals surface area contributed by atoms with Crippen LogP contribution in [0.2, 0.25) is 0 Å². The molecule has 13 heteroatoms. The molecule has 35 heavy (non-hydrogen) atoms. The third-order valence-electron chi connectivity index (χ3n) is 5.01. The number of ether oxygens (including phenoxy) is 3. The van der Waals surface area contributed by atoms with E-state index in [-0.39, 0.29) is 47.6 Å². The molecule has 0 aliphatic carbocycles. The number of aliphatic hydroxyl groups is 1. The summed E-state index contributed by atoms with van der Waals surface area (Å²) in [5.74, 6) is -1.89. The first-order valence-electron chi connectivity index (χ1n) is 10.5. The number of aromatic nitrogens is 2. The molecular weight excluding hydrogens is 466 g/mol. The van der Waals surface area contributed by atoms with Crippen LogP contribution in [-0.2, 0) is 11.4 Å². The topological polar surface area (TPSA) is 144 Å². The maximum absolute atomic E-state index is 14.4. The summed E-state index contributed by atoms with van der Waals surface area (Å²) in [6.45, 7) is 0.511. The Morgan fingerprint density at radius 3 is 2.43 bits per heavy atom. The Bertz CT molecular complexity index is 1060. The fraction of sp³-hybridized carbons (Fsp3) is 0.364. The zero-order valence-electron chi connectivity index (χ0n) is 19.2. The van der Waals surface area contributed by atoms with Gasteiger partial charge in [-0.3, -0.25) is 9.79 Å². The van der Waals surface area contributed by atoms with Crippen LogP contribution in [0.3, 0.4) is 0 Å². The summed E-state index contributed by atoms with van der Waals surface area (Å²) in [6.07, 6.45) is 5.09. The summed E-state index contributed by atoms with van der Waals surface area (Å²) in [7, 11) is 2.52. The van der Waals surface area contributed by atoms with E-state index in [9.17, 15) is 18.7 Å². The van der Waals surface area contributed by atoms with Gasteiger partial charge in [0.1, 0.15) is 6.61 Å². The molecule has 1 saturated heterocycles. The Kier molecular flexibility index (Phi) is 8.73. The lowest BCUT2D eigenvalue weighted by molar-refractivity contribution is -0.140. The van der Waals surface area contributed by atoms with Crippen molar-refractivity contribution in [3.05, 3.63) is 47.6 Å². The number of hydrogen-bond donors (Lipinski definition) is 3. The minimum atomic E-state index is -0.897. The standard InChI is InChI=1S/C22H26F2N6O5/c1-33-17-5-18(34-2)21(24)16(20(17)23)12-35-15-8-27-22(28-9-15)29-13(6-25)7-26-4-3-19(32)30-10-14(31)11-30/h5-9,14,31H,3-4,10-12,25H2,1-2H3,(H,27,28,29). The molecule has 188 valence electrons. The SMILES string of the molecule is COc1cc(OC)c(F)c(COc2cnc(NC(C=NCCC(=O)N3CC(O)C3)=CN)nc2)c1F. The molecule has 0 bridgehead atoms. The molecule has 0 spiro atoms. The van der Waals surface area contributed by atoms with Crippen molar-refractivity contribution in [3.8, 4) is 17.2 Å². The number of anilines is 1. The van der Waals surface area contributed by atoms with Crippen LogP contribution in [0, 0.1) is 11.6 Å². The molecule has 1 fully saturated rings. The van der Waals surface area contributed by atoms with E-state index in [1.807, 2.05) is 0 Å². The first kappa shape index (κ1) is 25.6. The summed E-state index contributed by atoms with van der Waals surface area (Å²) in [6, 6.07) is 1.11. The normalized spacial score (nSPS) is 14.1. The second-order valence-electron chi connectivity index (χ2n) is 7.40. The number of methoxy groups -OCH3 is 2. The van der Waals surface area contributed by atoms with Crippen molar-refractivity contribution in [3.63, 3.8) is 0 Å². The molecule has 3 rings (SSSR count). The number of amides is 1. The van der Waals surface area contributed by atoms with E-state index in [4.69, 9.17) is 19.9 Å². The van der Waals surface area contributed by atoms with Crippen LogP contribution in [0.1, 0.15) is 12.0 Å². The molecule has 1 amide bonds. The molecule has 2 heterocycles. The van der Waals surface area contributed by atoms with Gasteiger partial charge in [-0.15, -0.1) is 0 Å². The molecular formula is C22H26F2N6O5. The van der Waals surface area contributed by atoms with Crippen molar-refractivity contribution in [2.75, 3.05) is 39.2 Å². The third kappa shape index (κ3) is 6.53. The summed E-state index contributed by atoms with van der Waals surface area (Å²) in [4.78, 5) is 25.7. The van der Waals surface area contributed by atoms with Crippen LogP contribution in [0.5, 0.6) is 17.2 Å². The van der Waals surface area contributed by atoms with Crippen LogP contribution in [-0.4, -0.2) is 72.1 Å². The number of nitrogens with one attached hydrogen (secondary N) is 1. The van der Waals surface area contributed by atoms with Gasteiger partial charge in [-0.1, -0.05) is 0 Å². The van der Waals surface area contributed by atoms with E-state index in [0.717, 1.165) is 6.07 Å². The van der Waals surface area contributed by atoms with Crippen molar-refractivity contribution in [1.82, 2.24) is 14.9 Å². The number of benzene rings is 1. The average molecular weight is 492 g/mol. The van der Waals surface area contributed by atoms with Crippen molar-refractivity contribution >= 4 is 18.1 Å². The Balaban J connectivity index is 1.53. The molecule has 0 radical (unpaired) electrons. The molecule has 2 aromatic rings. The minimum absolute atomic E-state index is 0.0789. The lowest BCUT2D eigenvalue weighted by Gasteiger charge is -2.35. The number of hydrogen-bond acceptors (Lipinski definition) is 10. The van der Waals surface area contributed by atoms with Crippen molar-refractivity contribution in [1.29, 1.82) is 0 Å². The second-order valence-corrected chi connectivity index (χ2v) is 7.40. The van der Waals surface area contributed by atoms with Gasteiger partial charge in [-0.05, 0) is 0 Å². The van der Waals surface area contributed by atoms with E-state index in [1.54, 1.807) is 4.90 Å². The molecule has 1 aliphatic rings. The number of nitrogens with zero attached hydrogens (tertiary/aromatic N) is 4. The third-order valence-corrected chi connectivity index (χ3v) is 5.01. The second kappa shape index (κ2) is 11.9. The first-order chi connectivity index (χ1) is 16.9. The van der Waals surface area contributed by atoms with Gasteiger partial charge in [-0.25, -0.2) is 18.7 Å². The highest BCUT2D eigenvalue weighted by atomic mass is 19.1. The molecule has 11 nitrogen and oxygen atoms in total. The minimum Gasteiger partial charge on any atom is -0.494 e. The number of likely N-dealkylation sites (tertiary alicyclic amines) is 1. The van der Waals surface area contributed by atoms with E-state index < -0.39 is 24.3 Å². The van der Waals surface area contributed by atoms with Crippen LogP contribution in [0.15, 0.2) is 35.3 Å². The van der Waals surface area contributed by atoms with Crippen molar-refractivity contribution < 1.29 is 32.9 Å². The molecule has 0 unspecified atom stereocenters. The van der Waals surface area contributed by atoms with Gasteiger partial charge in [0.05, 0.1) is 44.0 Å². The molecule has 4 N–H and O–H groups in total. The summed E-state index contributed by atoms with van der Waals surface area (Å²) in [5, 5.41) is 12.1. The Labute approximate surface area is 200 Å². The number of β-amino-alcohol motifs (C(OH)–C–C–N with tert-alkyl or cyclic N) is 1. The quantitative estimate of drug-likeness (QED) is 0.394. The van der Waals surface area contributed by atoms with Crippen LogP contribution in [0.4, 0.5) is 14.7 Å². The Morgan fingerprint density at radius 2 is 1.89 bits per heavy atom. The number of nitrogens with two attached hydrogens (primary N) is 1. The van der Waals surface area contributed by atoms with Gasteiger partial charge in [0.15, 0.2) is 28.9 Å². The lowest BCUT2D eigenvalue weighted by Crippen LogP contribution is -2.53. The van der Waals surface area contributed by atoms with Gasteiger partial charge in [0.25, 0.3) is 0 Å². The zero-order chi connectivity index (χ0) is 25.4. The molecule has 1 aromatic heterocycles. The largest absolute Gasteiger partial charge is 0.494 e. The number of aliphatic hydroxyl groups excluding tert-OH is 1. The van der Waals surface area contributed by atoms with Gasteiger partial charge in [-0.2, -0.15) is 0 Å². The number of carbonyl (C=O) groups is 1. The summed E-state index contributed by atoms with van der Waals surface area (Å²) >= 11 is 0. The fourth-order valence-corrected chi connectivity index (χ4v) is 3.06. The van der Waals surface area contributed by atoms with Crippen LogP contribution >= 0.6 is 0 Å². The monoisotopic (exact) mass is 492 g/mol. The zero-order valence-corrected chi connectivity index (χ0v) is 19.2. The van der Waals surface area contributed by atoms with E-state index >= 15 is 0 Å². The van der Waals surface area contributed by atoms with Gasteiger partial charge < -0.3 is 35.3 Å². The maximum atomic E-state index is 14.4. The summed E-state index contributed by atoms with van der Waals surface area (Å²) in [5.41, 5.74) is 5.61. The van der Waals surface area contributed by atoms with Crippen LogP contribution in [0.25, 0.3) is 0 Å². The highest BCUT2D eigenvalue weighted by Gasteiger charge is 2.27. The summed E-state index contributed by atoms with van der Waals surface area (Å²) < 4.78 is 44.1. The number of carbonyl (C=O) groups excluding carboxylic acids is 1. The average Bonchev–Trinajstić information content (AvgIpc) is 2.84. The Hall–Kier alpha value is -4.00. The van der Waals surface area contributed by atoms with Crippen LogP contribution < -0.4 is 25.3 Å².